The highest BCUT2D eigenvalue weighted by Gasteiger charge is 2.49. The van der Waals surface area contributed by atoms with E-state index in [1.807, 2.05) is 39.0 Å². The standard InChI is InChI=1S/C22H33N3O5S2/c1-21(2,3)30-20(27)25-15-22(4,5)14-16(25)18-24(10-11-28-18)19(26)29-12-13-31-32-17-8-6-7-9-23-17/h6-9,16,18H,10-15H2,1-5H3/t16-,18?/m0/s1. The average molecular weight is 484 g/mol. The minimum absolute atomic E-state index is 0.0948. The summed E-state index contributed by atoms with van der Waals surface area (Å²) in [5.41, 5.74) is -0.684. The first-order valence-electron chi connectivity index (χ1n) is 10.8. The molecule has 8 nitrogen and oxygen atoms in total. The van der Waals surface area contributed by atoms with Gasteiger partial charge in [0.2, 0.25) is 0 Å². The highest BCUT2D eigenvalue weighted by Crippen LogP contribution is 2.39. The second-order valence-corrected chi connectivity index (χ2v) is 12.1. The molecule has 2 amide bonds. The Balaban J connectivity index is 1.54. The number of rotatable bonds is 6. The molecular weight excluding hydrogens is 450 g/mol. The van der Waals surface area contributed by atoms with E-state index in [2.05, 4.69) is 18.8 Å². The number of hydrogen-bond donors (Lipinski definition) is 0. The van der Waals surface area contributed by atoms with Crippen molar-refractivity contribution < 1.29 is 23.8 Å². The van der Waals surface area contributed by atoms with Crippen molar-refractivity contribution in [1.29, 1.82) is 0 Å². The number of carbonyl (C=O) groups excluding carboxylic acids is 2. The summed E-state index contributed by atoms with van der Waals surface area (Å²) in [6.45, 7) is 11.5. The molecule has 2 aliphatic rings. The van der Waals surface area contributed by atoms with E-state index in [9.17, 15) is 9.59 Å². The molecule has 0 N–H and O–H groups in total. The maximum atomic E-state index is 12.9. The van der Waals surface area contributed by atoms with Crippen LogP contribution in [0.3, 0.4) is 0 Å². The first-order valence-corrected chi connectivity index (χ1v) is 13.1. The molecular formula is C22H33N3O5S2. The van der Waals surface area contributed by atoms with Gasteiger partial charge in [-0.2, -0.15) is 0 Å². The van der Waals surface area contributed by atoms with E-state index < -0.39 is 17.9 Å². The van der Waals surface area contributed by atoms with E-state index in [-0.39, 0.29) is 17.6 Å². The molecule has 10 heteroatoms. The molecule has 0 spiro atoms. The van der Waals surface area contributed by atoms with E-state index in [1.165, 1.54) is 0 Å². The summed E-state index contributed by atoms with van der Waals surface area (Å²) in [7, 11) is 3.13. The molecule has 0 saturated carbocycles. The van der Waals surface area contributed by atoms with Crippen LogP contribution in [0, 0.1) is 5.41 Å². The first-order chi connectivity index (χ1) is 15.1. The molecule has 3 heterocycles. The van der Waals surface area contributed by atoms with Gasteiger partial charge in [0.1, 0.15) is 17.2 Å². The fourth-order valence-electron chi connectivity index (χ4n) is 3.84. The van der Waals surface area contributed by atoms with Crippen LogP contribution in [0.15, 0.2) is 29.4 Å². The highest BCUT2D eigenvalue weighted by molar-refractivity contribution is 8.76. The lowest BCUT2D eigenvalue weighted by atomic mass is 9.90. The number of amides is 2. The van der Waals surface area contributed by atoms with Crippen LogP contribution in [0.4, 0.5) is 9.59 Å². The Hall–Kier alpha value is -1.65. The Kier molecular flexibility index (Phi) is 8.21. The van der Waals surface area contributed by atoms with Crippen LogP contribution in [0.1, 0.15) is 41.0 Å². The fourth-order valence-corrected chi connectivity index (χ4v) is 5.55. The molecule has 1 aromatic rings. The minimum atomic E-state index is -0.589. The fraction of sp³-hybridized carbons (Fsp3) is 0.682. The zero-order chi connectivity index (χ0) is 23.4. The van der Waals surface area contributed by atoms with Crippen LogP contribution in [0.5, 0.6) is 0 Å². The third-order valence-corrected chi connectivity index (χ3v) is 7.28. The van der Waals surface area contributed by atoms with Crippen molar-refractivity contribution in [3.05, 3.63) is 24.4 Å². The van der Waals surface area contributed by atoms with Crippen molar-refractivity contribution in [2.75, 3.05) is 32.1 Å². The number of aromatic nitrogens is 1. The number of likely N-dealkylation sites (tertiary alicyclic amines) is 1. The Morgan fingerprint density at radius 1 is 1.25 bits per heavy atom. The summed E-state index contributed by atoms with van der Waals surface area (Å²) < 4.78 is 17.0. The highest BCUT2D eigenvalue weighted by atomic mass is 33.1. The summed E-state index contributed by atoms with van der Waals surface area (Å²) in [4.78, 5) is 33.2. The molecule has 3 rings (SSSR count). The van der Waals surface area contributed by atoms with E-state index in [1.54, 1.807) is 37.6 Å². The van der Waals surface area contributed by atoms with E-state index in [4.69, 9.17) is 14.2 Å². The van der Waals surface area contributed by atoms with E-state index in [0.717, 1.165) is 11.4 Å². The van der Waals surface area contributed by atoms with Crippen molar-refractivity contribution in [2.24, 2.45) is 5.41 Å². The molecule has 0 radical (unpaired) electrons. The quantitative estimate of drug-likeness (QED) is 0.427. The summed E-state index contributed by atoms with van der Waals surface area (Å²) in [6, 6.07) is 5.48. The van der Waals surface area contributed by atoms with Crippen LogP contribution >= 0.6 is 21.6 Å². The number of nitrogens with zero attached hydrogens (tertiary/aromatic N) is 3. The second kappa shape index (κ2) is 10.5. The van der Waals surface area contributed by atoms with Gasteiger partial charge in [-0.3, -0.25) is 4.90 Å². The third kappa shape index (κ3) is 6.92. The lowest BCUT2D eigenvalue weighted by Crippen LogP contribution is -2.51. The van der Waals surface area contributed by atoms with Gasteiger partial charge in [0, 0.05) is 18.5 Å². The molecule has 0 aliphatic carbocycles. The van der Waals surface area contributed by atoms with Gasteiger partial charge in [-0.05, 0) is 55.5 Å². The smallest absolute Gasteiger partial charge is 0.412 e. The van der Waals surface area contributed by atoms with Crippen molar-refractivity contribution in [3.8, 4) is 0 Å². The molecule has 0 bridgehead atoms. The average Bonchev–Trinajstić information content (AvgIpc) is 3.31. The molecule has 2 aliphatic heterocycles. The van der Waals surface area contributed by atoms with Gasteiger partial charge >= 0.3 is 12.2 Å². The Bertz CT molecular complexity index is 788. The largest absolute Gasteiger partial charge is 0.448 e. The zero-order valence-electron chi connectivity index (χ0n) is 19.4. The second-order valence-electron chi connectivity index (χ2n) is 9.69. The minimum Gasteiger partial charge on any atom is -0.448 e. The van der Waals surface area contributed by atoms with Crippen LogP contribution in [-0.4, -0.2) is 76.9 Å². The maximum Gasteiger partial charge on any atom is 0.412 e. The first kappa shape index (κ1) is 25.0. The van der Waals surface area contributed by atoms with E-state index >= 15 is 0 Å². The summed E-state index contributed by atoms with van der Waals surface area (Å²) in [5, 5.41) is 0.919. The number of hydrogen-bond acceptors (Lipinski definition) is 8. The van der Waals surface area contributed by atoms with Crippen molar-refractivity contribution in [2.45, 2.75) is 63.9 Å². The monoisotopic (exact) mass is 483 g/mol. The van der Waals surface area contributed by atoms with Crippen molar-refractivity contribution in [3.63, 3.8) is 0 Å². The molecule has 1 aromatic heterocycles. The SMILES string of the molecule is CC1(C)C[C@@H](C2OCCN2C(=O)OCCSSc2ccccn2)N(C(=O)OC(C)(C)C)C1. The summed E-state index contributed by atoms with van der Waals surface area (Å²) in [5.74, 6) is 0.646. The number of pyridine rings is 1. The van der Waals surface area contributed by atoms with Gasteiger partial charge in [-0.25, -0.2) is 14.6 Å². The van der Waals surface area contributed by atoms with Gasteiger partial charge in [0.05, 0.1) is 19.2 Å². The maximum absolute atomic E-state index is 12.9. The van der Waals surface area contributed by atoms with Crippen molar-refractivity contribution in [1.82, 2.24) is 14.8 Å². The summed E-state index contributed by atoms with van der Waals surface area (Å²) in [6.07, 6.45) is 1.15. The van der Waals surface area contributed by atoms with Crippen LogP contribution in [0.2, 0.25) is 0 Å². The van der Waals surface area contributed by atoms with Gasteiger partial charge < -0.3 is 19.1 Å². The van der Waals surface area contributed by atoms with Crippen LogP contribution in [-0.2, 0) is 14.2 Å². The lowest BCUT2D eigenvalue weighted by molar-refractivity contribution is -0.0352. The van der Waals surface area contributed by atoms with Gasteiger partial charge in [0.15, 0.2) is 6.23 Å². The predicted molar refractivity (Wildman–Crippen MR) is 125 cm³/mol. The number of carbonyl (C=O) groups is 2. The van der Waals surface area contributed by atoms with Gasteiger partial charge in [-0.15, -0.1) is 0 Å². The number of ether oxygens (including phenoxy) is 3. The molecule has 32 heavy (non-hydrogen) atoms. The molecule has 2 atom stereocenters. The predicted octanol–water partition coefficient (Wildman–Crippen LogP) is 4.65. The Labute approximate surface area is 198 Å². The van der Waals surface area contributed by atoms with Gasteiger partial charge in [0.25, 0.3) is 0 Å². The Morgan fingerprint density at radius 2 is 2.03 bits per heavy atom. The normalized spacial score (nSPS) is 22.8. The van der Waals surface area contributed by atoms with Crippen LogP contribution < -0.4 is 0 Å². The topological polar surface area (TPSA) is 81.2 Å². The molecule has 0 aromatic carbocycles. The molecule has 178 valence electrons. The lowest BCUT2D eigenvalue weighted by Gasteiger charge is -2.34. The van der Waals surface area contributed by atoms with Crippen molar-refractivity contribution >= 4 is 33.8 Å². The summed E-state index contributed by atoms with van der Waals surface area (Å²) >= 11 is 0. The Morgan fingerprint density at radius 3 is 2.72 bits per heavy atom. The van der Waals surface area contributed by atoms with E-state index in [0.29, 0.717) is 32.1 Å². The third-order valence-electron chi connectivity index (χ3n) is 5.05. The molecule has 2 saturated heterocycles. The molecule has 1 unspecified atom stereocenters. The van der Waals surface area contributed by atoms with Gasteiger partial charge in [-0.1, -0.05) is 30.7 Å². The zero-order valence-corrected chi connectivity index (χ0v) is 21.0. The van der Waals surface area contributed by atoms with Crippen LogP contribution in [0.25, 0.3) is 0 Å². The molecule has 2 fully saturated rings.